The van der Waals surface area contributed by atoms with E-state index in [1.54, 1.807) is 16.4 Å². The topological polar surface area (TPSA) is 91.0 Å². The Kier molecular flexibility index (Phi) is 6.83. The van der Waals surface area contributed by atoms with Gasteiger partial charge in [0.05, 0.1) is 25.1 Å². The number of aromatic nitrogens is 4. The summed E-state index contributed by atoms with van der Waals surface area (Å²) >= 11 is 1.29. The number of carbonyl (C=O) groups excluding carboxylic acids is 1. The third-order valence-electron chi connectivity index (χ3n) is 5.81. The molecule has 2 aromatic heterocycles. The molecule has 3 aromatic rings. The van der Waals surface area contributed by atoms with Crippen molar-refractivity contribution in [2.75, 3.05) is 12.9 Å². The number of hydrogen-bond acceptors (Lipinski definition) is 6. The summed E-state index contributed by atoms with van der Waals surface area (Å²) in [5.74, 6) is 0.919. The first kappa shape index (κ1) is 22.4. The Bertz CT molecular complexity index is 1180. The first-order valence-corrected chi connectivity index (χ1v) is 12.0. The van der Waals surface area contributed by atoms with Crippen molar-refractivity contribution in [1.82, 2.24) is 24.6 Å². The van der Waals surface area contributed by atoms with Gasteiger partial charge in [-0.2, -0.15) is 5.10 Å². The van der Waals surface area contributed by atoms with E-state index in [2.05, 4.69) is 10.4 Å². The fourth-order valence-electron chi connectivity index (χ4n) is 4.19. The Morgan fingerprint density at radius 3 is 2.81 bits per heavy atom. The number of fused-ring (bicyclic) bond motifs is 1. The molecule has 0 radical (unpaired) electrons. The van der Waals surface area contributed by atoms with Crippen LogP contribution in [0.25, 0.3) is 11.0 Å². The summed E-state index contributed by atoms with van der Waals surface area (Å²) in [5.41, 5.74) is 2.57. The molecule has 0 aliphatic heterocycles. The van der Waals surface area contributed by atoms with Gasteiger partial charge in [0.25, 0.3) is 5.56 Å². The van der Waals surface area contributed by atoms with E-state index in [4.69, 9.17) is 9.72 Å². The highest BCUT2D eigenvalue weighted by molar-refractivity contribution is 7.99. The lowest BCUT2D eigenvalue weighted by molar-refractivity contribution is -0.119. The molecule has 1 saturated carbocycles. The average Bonchev–Trinajstić information content (AvgIpc) is 3.42. The Balaban J connectivity index is 1.68. The first-order chi connectivity index (χ1) is 15.5. The van der Waals surface area contributed by atoms with Crippen LogP contribution in [0.1, 0.15) is 43.9 Å². The fraction of sp³-hybridized carbons (Fsp3) is 0.478. The van der Waals surface area contributed by atoms with E-state index in [0.717, 1.165) is 37.0 Å². The molecule has 1 aliphatic carbocycles. The normalized spacial score (nSPS) is 14.2. The van der Waals surface area contributed by atoms with Crippen LogP contribution >= 0.6 is 11.8 Å². The number of rotatable bonds is 8. The molecule has 1 amide bonds. The highest BCUT2D eigenvalue weighted by atomic mass is 32.2. The third-order valence-corrected chi connectivity index (χ3v) is 6.79. The first-order valence-electron chi connectivity index (χ1n) is 11.0. The summed E-state index contributed by atoms with van der Waals surface area (Å²) in [6, 6.07) is 7.88. The molecule has 4 rings (SSSR count). The summed E-state index contributed by atoms with van der Waals surface area (Å²) in [6.07, 6.45) is 4.40. The molecule has 1 aliphatic rings. The van der Waals surface area contributed by atoms with Crippen molar-refractivity contribution in [3.05, 3.63) is 45.9 Å². The van der Waals surface area contributed by atoms with E-state index in [9.17, 15) is 9.59 Å². The second kappa shape index (κ2) is 9.77. The lowest BCUT2D eigenvalue weighted by Gasteiger charge is -2.14. The quantitative estimate of drug-likeness (QED) is 0.415. The van der Waals surface area contributed by atoms with Crippen LogP contribution in [0.5, 0.6) is 5.75 Å². The number of nitrogens with one attached hydrogen (secondary N) is 1. The van der Waals surface area contributed by atoms with Crippen molar-refractivity contribution in [1.29, 1.82) is 0 Å². The molecule has 0 saturated heterocycles. The number of aryl methyl sites for hydroxylation is 2. The van der Waals surface area contributed by atoms with Crippen molar-refractivity contribution >= 4 is 28.7 Å². The minimum absolute atomic E-state index is 0.0230. The van der Waals surface area contributed by atoms with E-state index < -0.39 is 0 Å². The van der Waals surface area contributed by atoms with E-state index in [1.165, 1.54) is 11.8 Å². The molecule has 1 N–H and O–H groups in total. The maximum atomic E-state index is 13.5. The molecule has 1 fully saturated rings. The molecular formula is C23H29N5O3S. The lowest BCUT2D eigenvalue weighted by atomic mass is 10.2. The minimum Gasteiger partial charge on any atom is -0.497 e. The Morgan fingerprint density at radius 1 is 1.31 bits per heavy atom. The smallest absolute Gasteiger partial charge is 0.280 e. The second-order valence-electron chi connectivity index (χ2n) is 8.07. The zero-order valence-electron chi connectivity index (χ0n) is 18.8. The van der Waals surface area contributed by atoms with Crippen LogP contribution in [0.2, 0.25) is 0 Å². The SMILES string of the molecule is CCn1nc(C)c2nc(SCC(=O)NC3CCCC3)n(Cc3cccc(OC)c3)c(=O)c21. The van der Waals surface area contributed by atoms with Gasteiger partial charge in [0.2, 0.25) is 5.91 Å². The van der Waals surface area contributed by atoms with Gasteiger partial charge in [0.15, 0.2) is 10.7 Å². The largest absolute Gasteiger partial charge is 0.497 e. The number of thioether (sulfide) groups is 1. The van der Waals surface area contributed by atoms with Crippen molar-refractivity contribution in [2.24, 2.45) is 0 Å². The maximum Gasteiger partial charge on any atom is 0.280 e. The van der Waals surface area contributed by atoms with Gasteiger partial charge in [0.1, 0.15) is 11.3 Å². The number of ether oxygens (including phenoxy) is 1. The molecule has 0 spiro atoms. The zero-order chi connectivity index (χ0) is 22.7. The van der Waals surface area contributed by atoms with Gasteiger partial charge in [-0.3, -0.25) is 18.8 Å². The summed E-state index contributed by atoms with van der Waals surface area (Å²) in [6.45, 7) is 4.72. The number of benzene rings is 1. The number of hydrogen-bond donors (Lipinski definition) is 1. The van der Waals surface area contributed by atoms with Crippen LogP contribution in [-0.4, -0.2) is 44.1 Å². The van der Waals surface area contributed by atoms with Crippen molar-refractivity contribution in [2.45, 2.75) is 63.8 Å². The molecule has 1 aromatic carbocycles. The van der Waals surface area contributed by atoms with Gasteiger partial charge < -0.3 is 10.1 Å². The average molecular weight is 456 g/mol. The summed E-state index contributed by atoms with van der Waals surface area (Å²) < 4.78 is 8.66. The highest BCUT2D eigenvalue weighted by Crippen LogP contribution is 2.23. The van der Waals surface area contributed by atoms with Crippen LogP contribution < -0.4 is 15.6 Å². The predicted octanol–water partition coefficient (Wildman–Crippen LogP) is 3.13. The van der Waals surface area contributed by atoms with Gasteiger partial charge >= 0.3 is 0 Å². The summed E-state index contributed by atoms with van der Waals surface area (Å²) in [7, 11) is 1.62. The molecule has 2 heterocycles. The van der Waals surface area contributed by atoms with E-state index in [0.29, 0.717) is 35.0 Å². The maximum absolute atomic E-state index is 13.5. The standard InChI is InChI=1S/C23H29N5O3S/c1-4-28-21-20(15(2)26-28)25-23(32-14-19(29)24-17-9-5-6-10-17)27(22(21)30)13-16-8-7-11-18(12-16)31-3/h7-8,11-12,17H,4-6,9-10,13-14H2,1-3H3,(H,24,29). The van der Waals surface area contributed by atoms with Gasteiger partial charge in [-0.15, -0.1) is 0 Å². The van der Waals surface area contributed by atoms with Gasteiger partial charge in [-0.25, -0.2) is 4.98 Å². The van der Waals surface area contributed by atoms with Crippen molar-refractivity contribution in [3.63, 3.8) is 0 Å². The number of carbonyl (C=O) groups is 1. The van der Waals surface area contributed by atoms with Gasteiger partial charge in [0, 0.05) is 12.6 Å². The predicted molar refractivity (Wildman–Crippen MR) is 125 cm³/mol. The van der Waals surface area contributed by atoms with E-state index in [1.807, 2.05) is 38.1 Å². The molecule has 0 atom stereocenters. The Hall–Kier alpha value is -2.81. The lowest BCUT2D eigenvalue weighted by Crippen LogP contribution is -2.34. The number of methoxy groups -OCH3 is 1. The monoisotopic (exact) mass is 455 g/mol. The van der Waals surface area contributed by atoms with Crippen LogP contribution in [-0.2, 0) is 17.9 Å². The highest BCUT2D eigenvalue weighted by Gasteiger charge is 2.21. The molecule has 170 valence electrons. The third kappa shape index (κ3) is 4.67. The van der Waals surface area contributed by atoms with Crippen molar-refractivity contribution < 1.29 is 9.53 Å². The van der Waals surface area contributed by atoms with Crippen LogP contribution in [0.3, 0.4) is 0 Å². The molecular weight excluding hydrogens is 426 g/mol. The van der Waals surface area contributed by atoms with Gasteiger partial charge in [-0.1, -0.05) is 36.7 Å². The van der Waals surface area contributed by atoms with Crippen molar-refractivity contribution in [3.8, 4) is 5.75 Å². The molecule has 0 unspecified atom stereocenters. The number of amides is 1. The molecule has 8 nitrogen and oxygen atoms in total. The Morgan fingerprint density at radius 2 is 2.09 bits per heavy atom. The minimum atomic E-state index is -0.154. The molecule has 0 bridgehead atoms. The number of nitrogens with zero attached hydrogens (tertiary/aromatic N) is 4. The zero-order valence-corrected chi connectivity index (χ0v) is 19.6. The van der Waals surface area contributed by atoms with E-state index >= 15 is 0 Å². The summed E-state index contributed by atoms with van der Waals surface area (Å²) in [5, 5.41) is 8.10. The van der Waals surface area contributed by atoms with Gasteiger partial charge in [-0.05, 0) is 44.4 Å². The van der Waals surface area contributed by atoms with Crippen LogP contribution in [0.15, 0.2) is 34.2 Å². The van der Waals surface area contributed by atoms with Crippen LogP contribution in [0, 0.1) is 6.92 Å². The fourth-order valence-corrected chi connectivity index (χ4v) is 4.99. The molecule has 9 heteroatoms. The molecule has 32 heavy (non-hydrogen) atoms. The van der Waals surface area contributed by atoms with E-state index in [-0.39, 0.29) is 23.3 Å². The second-order valence-corrected chi connectivity index (χ2v) is 9.02. The van der Waals surface area contributed by atoms with Crippen LogP contribution in [0.4, 0.5) is 0 Å². The Labute approximate surface area is 191 Å². The summed E-state index contributed by atoms with van der Waals surface area (Å²) in [4.78, 5) is 30.8.